The lowest BCUT2D eigenvalue weighted by Crippen LogP contribution is -2.08. The van der Waals surface area contributed by atoms with Crippen LogP contribution in [0.15, 0.2) is 146 Å². The summed E-state index contributed by atoms with van der Waals surface area (Å²) in [7, 11) is 0. The number of fused-ring (bicyclic) bond motifs is 1. The van der Waals surface area contributed by atoms with E-state index in [9.17, 15) is 0 Å². The summed E-state index contributed by atoms with van der Waals surface area (Å²) in [5.41, 5.74) is 4.11. The molecule has 0 radical (unpaired) electrons. The lowest BCUT2D eigenvalue weighted by molar-refractivity contribution is 1.08. The monoisotopic (exact) mass is 532 g/mol. The Kier molecular flexibility index (Phi) is 6.32. The molecule has 0 fully saturated rings. The second kappa shape index (κ2) is 10.6. The highest BCUT2D eigenvalue weighted by atomic mass is 32.1. The summed E-state index contributed by atoms with van der Waals surface area (Å²) >= 11 is 1.70. The fraction of sp³-hybridized carbons (Fsp3) is 0. The highest BCUT2D eigenvalue weighted by Gasteiger charge is 2.23. The van der Waals surface area contributed by atoms with E-state index in [0.717, 1.165) is 43.2 Å². The van der Waals surface area contributed by atoms with E-state index in [1.54, 1.807) is 11.3 Å². The Bertz CT molecular complexity index is 1790. The summed E-state index contributed by atoms with van der Waals surface area (Å²) in [4.78, 5) is 18.3. The molecule has 2 heterocycles. The van der Waals surface area contributed by atoms with E-state index in [4.69, 9.17) is 15.0 Å². The van der Waals surface area contributed by atoms with Gasteiger partial charge < -0.3 is 4.90 Å². The van der Waals surface area contributed by atoms with Crippen LogP contribution in [0.3, 0.4) is 0 Å². The van der Waals surface area contributed by atoms with Crippen LogP contribution in [0.2, 0.25) is 0 Å². The second-order valence-corrected chi connectivity index (χ2v) is 10.3. The topological polar surface area (TPSA) is 41.9 Å². The van der Waals surface area contributed by atoms with E-state index in [1.807, 2.05) is 72.8 Å². The van der Waals surface area contributed by atoms with Crippen molar-refractivity contribution in [2.75, 3.05) is 4.90 Å². The molecule has 0 aliphatic rings. The normalized spacial score (nSPS) is 11.0. The third-order valence-electron chi connectivity index (χ3n) is 6.74. The minimum atomic E-state index is 0.659. The molecule has 0 saturated carbocycles. The molecule has 5 aromatic carbocycles. The number of rotatable bonds is 6. The minimum absolute atomic E-state index is 0.659. The predicted octanol–water partition coefficient (Wildman–Crippen LogP) is 9.56. The van der Waals surface area contributed by atoms with Crippen LogP contribution in [0.1, 0.15) is 0 Å². The Morgan fingerprint density at radius 1 is 0.400 bits per heavy atom. The Labute approximate surface area is 236 Å². The molecule has 4 nitrogen and oxygen atoms in total. The first-order valence-corrected chi connectivity index (χ1v) is 14.0. The van der Waals surface area contributed by atoms with Crippen LogP contribution in [0, 0.1) is 0 Å². The number of benzene rings is 5. The largest absolute Gasteiger partial charge is 0.301 e. The lowest BCUT2D eigenvalue weighted by Gasteiger charge is -2.24. The molecule has 0 aliphatic heterocycles. The summed E-state index contributed by atoms with van der Waals surface area (Å²) in [5.74, 6) is 1.99. The third kappa shape index (κ3) is 4.53. The van der Waals surface area contributed by atoms with Crippen LogP contribution in [0.5, 0.6) is 0 Å². The van der Waals surface area contributed by atoms with E-state index in [0.29, 0.717) is 17.5 Å². The Morgan fingerprint density at radius 2 is 0.800 bits per heavy atom. The summed E-state index contributed by atoms with van der Waals surface area (Å²) in [5, 5.41) is 3.38. The molecular weight excluding hydrogens is 508 g/mol. The average Bonchev–Trinajstić information content (AvgIpc) is 3.42. The Morgan fingerprint density at radius 3 is 1.30 bits per heavy atom. The minimum Gasteiger partial charge on any atom is -0.301 e. The molecule has 0 spiro atoms. The summed E-state index contributed by atoms with van der Waals surface area (Å²) in [6, 6.07) is 49.7. The summed E-state index contributed by atoms with van der Waals surface area (Å²) < 4.78 is 0. The van der Waals surface area contributed by atoms with Gasteiger partial charge in [-0.15, -0.1) is 11.3 Å². The zero-order valence-corrected chi connectivity index (χ0v) is 22.4. The van der Waals surface area contributed by atoms with Gasteiger partial charge in [0.25, 0.3) is 0 Å². The van der Waals surface area contributed by atoms with Gasteiger partial charge in [-0.2, -0.15) is 0 Å². The van der Waals surface area contributed by atoms with Gasteiger partial charge in [0, 0.05) is 33.3 Å². The van der Waals surface area contributed by atoms with Crippen molar-refractivity contribution in [1.29, 1.82) is 0 Å². The van der Waals surface area contributed by atoms with E-state index in [1.165, 1.54) is 0 Å². The first-order valence-electron chi connectivity index (χ1n) is 13.1. The Balaban J connectivity index is 1.48. The molecule has 2 aromatic heterocycles. The summed E-state index contributed by atoms with van der Waals surface area (Å²) in [6.07, 6.45) is 0. The van der Waals surface area contributed by atoms with Gasteiger partial charge in [0.05, 0.1) is 4.88 Å². The quantitative estimate of drug-likeness (QED) is 0.214. The van der Waals surface area contributed by atoms with Gasteiger partial charge >= 0.3 is 0 Å². The molecule has 7 aromatic rings. The van der Waals surface area contributed by atoms with Gasteiger partial charge in [0.2, 0.25) is 0 Å². The molecule has 190 valence electrons. The third-order valence-corrected chi connectivity index (χ3v) is 7.94. The van der Waals surface area contributed by atoms with Gasteiger partial charge in [-0.3, -0.25) is 0 Å². The predicted molar refractivity (Wildman–Crippen MR) is 166 cm³/mol. The van der Waals surface area contributed by atoms with Crippen molar-refractivity contribution in [2.45, 2.75) is 0 Å². The number of hydrogen-bond acceptors (Lipinski definition) is 5. The first kappa shape index (κ1) is 23.9. The van der Waals surface area contributed by atoms with Gasteiger partial charge in [0.15, 0.2) is 17.5 Å². The smallest absolute Gasteiger partial charge is 0.174 e. The van der Waals surface area contributed by atoms with Gasteiger partial charge in [0.1, 0.15) is 5.00 Å². The van der Waals surface area contributed by atoms with Crippen LogP contribution in [0.25, 0.3) is 44.2 Å². The molecule has 0 amide bonds. The lowest BCUT2D eigenvalue weighted by atomic mass is 10.1. The van der Waals surface area contributed by atoms with Crippen LogP contribution < -0.4 is 4.90 Å². The maximum absolute atomic E-state index is 5.04. The van der Waals surface area contributed by atoms with E-state index >= 15 is 0 Å². The number of para-hydroxylation sites is 2. The standard InChI is InChI=1S/C35H24N4S/c1-5-15-25(16-6-1)32-36-33(26-17-7-2-8-18-26)38-34(37-32)31-29-23-13-14-24-30(29)35(40-31)39(27-19-9-3-10-20-27)28-21-11-4-12-22-28/h1-24H. The molecule has 0 unspecified atom stereocenters. The average molecular weight is 533 g/mol. The number of aromatic nitrogens is 3. The summed E-state index contributed by atoms with van der Waals surface area (Å²) in [6.45, 7) is 0. The van der Waals surface area contributed by atoms with Crippen molar-refractivity contribution >= 4 is 38.5 Å². The van der Waals surface area contributed by atoms with Crippen molar-refractivity contribution in [3.05, 3.63) is 146 Å². The molecule has 0 N–H and O–H groups in total. The van der Waals surface area contributed by atoms with Gasteiger partial charge in [-0.05, 0) is 24.3 Å². The highest BCUT2D eigenvalue weighted by Crippen LogP contribution is 2.48. The fourth-order valence-electron chi connectivity index (χ4n) is 4.85. The number of anilines is 3. The molecular formula is C35H24N4S. The maximum Gasteiger partial charge on any atom is 0.174 e. The molecule has 7 rings (SSSR count). The molecule has 5 heteroatoms. The second-order valence-electron chi connectivity index (χ2n) is 9.33. The van der Waals surface area contributed by atoms with Crippen molar-refractivity contribution in [3.63, 3.8) is 0 Å². The van der Waals surface area contributed by atoms with Crippen molar-refractivity contribution in [2.24, 2.45) is 0 Å². The number of nitrogens with zero attached hydrogens (tertiary/aromatic N) is 4. The van der Waals surface area contributed by atoms with Crippen molar-refractivity contribution in [1.82, 2.24) is 15.0 Å². The van der Waals surface area contributed by atoms with Crippen LogP contribution in [-0.4, -0.2) is 15.0 Å². The zero-order chi connectivity index (χ0) is 26.7. The molecule has 0 aliphatic carbocycles. The Hall–Kier alpha value is -5.13. The molecule has 40 heavy (non-hydrogen) atoms. The first-order chi connectivity index (χ1) is 19.8. The van der Waals surface area contributed by atoms with Gasteiger partial charge in [-0.25, -0.2) is 15.0 Å². The van der Waals surface area contributed by atoms with Crippen molar-refractivity contribution < 1.29 is 0 Å². The van der Waals surface area contributed by atoms with Crippen LogP contribution >= 0.6 is 11.3 Å². The van der Waals surface area contributed by atoms with E-state index in [2.05, 4.69) is 77.7 Å². The highest BCUT2D eigenvalue weighted by molar-refractivity contribution is 7.21. The SMILES string of the molecule is c1ccc(-c2nc(-c3ccccc3)nc(-c3sc(N(c4ccccc4)c4ccccc4)c4ccccc34)n2)cc1. The fourth-order valence-corrected chi connectivity index (χ4v) is 6.11. The van der Waals surface area contributed by atoms with E-state index < -0.39 is 0 Å². The van der Waals surface area contributed by atoms with Crippen molar-refractivity contribution in [3.8, 4) is 33.5 Å². The van der Waals surface area contributed by atoms with E-state index in [-0.39, 0.29) is 0 Å². The molecule has 0 saturated heterocycles. The van der Waals surface area contributed by atoms with Crippen LogP contribution in [0.4, 0.5) is 16.4 Å². The van der Waals surface area contributed by atoms with Crippen LogP contribution in [-0.2, 0) is 0 Å². The van der Waals surface area contributed by atoms with Gasteiger partial charge in [-0.1, -0.05) is 121 Å². The zero-order valence-electron chi connectivity index (χ0n) is 21.6. The maximum atomic E-state index is 5.04. The molecule has 0 bridgehead atoms. The number of hydrogen-bond donors (Lipinski definition) is 0. The number of thiophene rings is 1. The molecule has 0 atom stereocenters.